The summed E-state index contributed by atoms with van der Waals surface area (Å²) in [6.07, 6.45) is -6.81. The molecule has 5 heterocycles. The first-order chi connectivity index (χ1) is 34.8. The molecule has 17 heteroatoms. The molecule has 73 heavy (non-hydrogen) atoms. The Balaban J connectivity index is 0.963. The van der Waals surface area contributed by atoms with Gasteiger partial charge in [0, 0.05) is 44.1 Å². The van der Waals surface area contributed by atoms with E-state index in [-0.39, 0.29) is 41.7 Å². The molecule has 3 saturated heterocycles. The normalized spacial score (nSPS) is 21.5. The summed E-state index contributed by atoms with van der Waals surface area (Å²) < 4.78 is 101. The summed E-state index contributed by atoms with van der Waals surface area (Å²) in [5.74, 6) is -1.60. The number of carbonyl (C=O) groups excluding carboxylic acids is 2. The molecule has 10 rings (SSSR count). The van der Waals surface area contributed by atoms with Gasteiger partial charge in [0.25, 0.3) is 23.0 Å². The largest absolute Gasteiger partial charge is 0.430 e. The van der Waals surface area contributed by atoms with E-state index in [1.807, 2.05) is 36.4 Å². The van der Waals surface area contributed by atoms with Gasteiger partial charge in [0.05, 0.1) is 46.2 Å². The maximum absolute atomic E-state index is 15.1. The Morgan fingerprint density at radius 3 is 1.32 bits per heavy atom. The van der Waals surface area contributed by atoms with Gasteiger partial charge in [0.2, 0.25) is 0 Å². The number of rotatable bonds is 11. The van der Waals surface area contributed by atoms with Crippen molar-refractivity contribution in [1.82, 2.24) is 29.7 Å². The maximum atomic E-state index is 15.1. The van der Waals surface area contributed by atoms with Crippen LogP contribution in [0.2, 0.25) is 0 Å². The molecule has 3 fully saturated rings. The van der Waals surface area contributed by atoms with E-state index in [2.05, 4.69) is 59.9 Å². The Kier molecular flexibility index (Phi) is 12.7. The van der Waals surface area contributed by atoms with E-state index in [1.165, 1.54) is 63.9 Å². The highest BCUT2D eigenvalue weighted by atomic mass is 19.4. The molecule has 3 aliphatic heterocycles. The average Bonchev–Trinajstić information content (AvgIpc) is 4.23. The van der Waals surface area contributed by atoms with E-state index in [4.69, 9.17) is 19.4 Å². The number of anilines is 1. The van der Waals surface area contributed by atoms with Crippen LogP contribution in [0.4, 0.5) is 32.0 Å². The van der Waals surface area contributed by atoms with Crippen molar-refractivity contribution in [2.45, 2.75) is 112 Å². The van der Waals surface area contributed by atoms with Gasteiger partial charge in [-0.2, -0.15) is 26.3 Å². The summed E-state index contributed by atoms with van der Waals surface area (Å²) in [6, 6.07) is 32.7. The third-order valence-electron chi connectivity index (χ3n) is 15.3. The van der Waals surface area contributed by atoms with Crippen molar-refractivity contribution in [3.8, 4) is 0 Å². The van der Waals surface area contributed by atoms with Crippen molar-refractivity contribution in [3.05, 3.63) is 161 Å². The monoisotopic (exact) mass is 1010 g/mol. The number of aromatic amines is 2. The number of amides is 2. The summed E-state index contributed by atoms with van der Waals surface area (Å²) in [7, 11) is 1.82. The number of nitrogens with one attached hydrogen (secondary N) is 2. The third kappa shape index (κ3) is 8.41. The Labute approximate surface area is 418 Å². The molecule has 2 aromatic heterocycles. The van der Waals surface area contributed by atoms with Crippen LogP contribution in [-0.2, 0) is 35.7 Å². The molecule has 2 N–H and O–H groups in total. The molecule has 0 bridgehead atoms. The van der Waals surface area contributed by atoms with Gasteiger partial charge in [-0.25, -0.2) is 9.97 Å². The standard InChI is InChI=1S/C56H57F6N7O4/c1-52(2,3)36-22-24-39(25-23-36)69-44(34-20-26-40-42(32-34)65-48(63-40)46-18-12-30-67(46)50(70)53(72-4,55(57,58)59)37-14-8-6-9-15-37)28-29-45(69)35-21-27-41-43(33-35)66-49(64-41)47-19-13-31-68(47)51(71)54(73-5,56(60,61)62)38-16-10-7-11-17-38/h6-11,14-17,20-27,32-33,44-47H,12-13,18-19,28-31H2,1-5H3,(H,63,65)(H,64,66)/t44-,45-,46+,47+,53+,54+/m1/s1. The van der Waals surface area contributed by atoms with Crippen LogP contribution in [0.15, 0.2) is 121 Å². The molecule has 7 aromatic rings. The molecular formula is C56H57F6N7O4. The van der Waals surface area contributed by atoms with E-state index >= 15 is 26.3 Å². The zero-order chi connectivity index (χ0) is 51.7. The first-order valence-corrected chi connectivity index (χ1v) is 24.7. The molecule has 0 unspecified atom stereocenters. The Bertz CT molecular complexity index is 2950. The lowest BCUT2D eigenvalue weighted by Crippen LogP contribution is -2.56. The van der Waals surface area contributed by atoms with Crippen molar-refractivity contribution in [3.63, 3.8) is 0 Å². The number of benzene rings is 5. The van der Waals surface area contributed by atoms with Crippen LogP contribution in [-0.4, -0.2) is 81.2 Å². The van der Waals surface area contributed by atoms with Crippen LogP contribution in [0.1, 0.15) is 123 Å². The topological polar surface area (TPSA) is 120 Å². The number of carbonyl (C=O) groups is 2. The van der Waals surface area contributed by atoms with E-state index in [9.17, 15) is 9.59 Å². The van der Waals surface area contributed by atoms with Gasteiger partial charge in [0.1, 0.15) is 11.6 Å². The van der Waals surface area contributed by atoms with E-state index in [0.29, 0.717) is 59.4 Å². The number of nitrogens with zero attached hydrogens (tertiary/aromatic N) is 5. The van der Waals surface area contributed by atoms with Crippen molar-refractivity contribution in [2.75, 3.05) is 32.2 Å². The number of halogens is 6. The minimum Gasteiger partial charge on any atom is -0.357 e. The molecule has 6 atom stereocenters. The fourth-order valence-electron chi connectivity index (χ4n) is 11.6. The van der Waals surface area contributed by atoms with Crippen molar-refractivity contribution in [2.24, 2.45) is 0 Å². The number of imidazole rings is 2. The predicted molar refractivity (Wildman–Crippen MR) is 264 cm³/mol. The second-order valence-corrected chi connectivity index (χ2v) is 20.4. The minimum atomic E-state index is -5.05. The maximum Gasteiger partial charge on any atom is 0.430 e. The SMILES string of the molecule is CO[C@](C(=O)N1CCC[C@H]1c1nc2ccc([C@H]3CC[C@H](c4ccc5nc([C@@H]6CCCN6C(=O)[C@@](OC)(c6ccccc6)C(F)(F)F)[nH]c5c4)N3c3ccc(C(C)(C)C)cc3)cc2[nH]1)(c1ccccc1)C(F)(F)F. The van der Waals surface area contributed by atoms with E-state index in [1.54, 1.807) is 12.1 Å². The van der Waals surface area contributed by atoms with Crippen LogP contribution in [0, 0.1) is 0 Å². The molecule has 0 spiro atoms. The lowest BCUT2D eigenvalue weighted by atomic mass is 9.87. The molecule has 0 aliphatic carbocycles. The number of hydrogen-bond donors (Lipinski definition) is 2. The predicted octanol–water partition coefficient (Wildman–Crippen LogP) is 12.4. The fraction of sp³-hybridized carbons (Fsp3) is 0.393. The molecule has 382 valence electrons. The summed E-state index contributed by atoms with van der Waals surface area (Å²) in [5.41, 5.74) is -0.370. The van der Waals surface area contributed by atoms with Gasteiger partial charge in [0.15, 0.2) is 0 Å². The van der Waals surface area contributed by atoms with Gasteiger partial charge < -0.3 is 34.1 Å². The lowest BCUT2D eigenvalue weighted by molar-refractivity contribution is -0.271. The highest BCUT2D eigenvalue weighted by molar-refractivity contribution is 5.89. The van der Waals surface area contributed by atoms with Crippen LogP contribution >= 0.6 is 0 Å². The van der Waals surface area contributed by atoms with Crippen molar-refractivity contribution < 1.29 is 45.4 Å². The average molecular weight is 1010 g/mol. The van der Waals surface area contributed by atoms with Crippen molar-refractivity contribution in [1.29, 1.82) is 0 Å². The quantitative estimate of drug-likeness (QED) is 0.124. The molecule has 0 saturated carbocycles. The zero-order valence-corrected chi connectivity index (χ0v) is 41.2. The second-order valence-electron chi connectivity index (χ2n) is 20.4. The summed E-state index contributed by atoms with van der Waals surface area (Å²) in [5, 5.41) is 0. The van der Waals surface area contributed by atoms with Crippen LogP contribution in [0.25, 0.3) is 22.1 Å². The van der Waals surface area contributed by atoms with Gasteiger partial charge in [-0.15, -0.1) is 0 Å². The highest BCUT2D eigenvalue weighted by Gasteiger charge is 2.66. The molecule has 11 nitrogen and oxygen atoms in total. The van der Waals surface area contributed by atoms with E-state index < -0.39 is 47.5 Å². The second kappa shape index (κ2) is 18.6. The molecule has 3 aliphatic rings. The van der Waals surface area contributed by atoms with Gasteiger partial charge >= 0.3 is 12.4 Å². The van der Waals surface area contributed by atoms with Crippen LogP contribution in [0.5, 0.6) is 0 Å². The summed E-state index contributed by atoms with van der Waals surface area (Å²) >= 11 is 0. The van der Waals surface area contributed by atoms with Crippen LogP contribution < -0.4 is 4.90 Å². The Morgan fingerprint density at radius 1 is 0.534 bits per heavy atom. The van der Waals surface area contributed by atoms with Gasteiger partial charge in [-0.1, -0.05) is 106 Å². The minimum absolute atomic E-state index is 0.0905. The highest BCUT2D eigenvalue weighted by Crippen LogP contribution is 2.50. The van der Waals surface area contributed by atoms with Gasteiger partial charge in [-0.3, -0.25) is 9.59 Å². The summed E-state index contributed by atoms with van der Waals surface area (Å²) in [4.78, 5) is 49.8. The number of ether oxygens (including phenoxy) is 2. The summed E-state index contributed by atoms with van der Waals surface area (Å²) in [6.45, 7) is 6.68. The number of aromatic nitrogens is 4. The Hall–Kier alpha value is -6.72. The third-order valence-corrected chi connectivity index (χ3v) is 15.3. The lowest BCUT2D eigenvalue weighted by Gasteiger charge is -2.38. The molecular weight excluding hydrogens is 949 g/mol. The number of likely N-dealkylation sites (tertiary alicyclic amines) is 2. The van der Waals surface area contributed by atoms with E-state index in [0.717, 1.165) is 43.9 Å². The number of alkyl halides is 6. The first kappa shape index (κ1) is 49.8. The number of fused-ring (bicyclic) bond motifs is 2. The molecule has 5 aromatic carbocycles. The number of H-pyrrole nitrogens is 2. The van der Waals surface area contributed by atoms with Crippen LogP contribution in [0.3, 0.4) is 0 Å². The molecule has 0 radical (unpaired) electrons. The number of methoxy groups -OCH3 is 2. The first-order valence-electron chi connectivity index (χ1n) is 24.7. The van der Waals surface area contributed by atoms with Crippen molar-refractivity contribution >= 4 is 39.6 Å². The smallest absolute Gasteiger partial charge is 0.357 e. The molecule has 2 amide bonds. The number of hydrogen-bond acceptors (Lipinski definition) is 7. The Morgan fingerprint density at radius 2 is 0.945 bits per heavy atom. The fourth-order valence-corrected chi connectivity index (χ4v) is 11.6. The zero-order valence-electron chi connectivity index (χ0n) is 41.2. The van der Waals surface area contributed by atoms with Gasteiger partial charge in [-0.05, 0) is 97.0 Å².